The van der Waals surface area contributed by atoms with E-state index in [0.29, 0.717) is 0 Å². The summed E-state index contributed by atoms with van der Waals surface area (Å²) in [6.07, 6.45) is -0.972. The molecule has 0 bridgehead atoms. The number of benzene rings is 1. The van der Waals surface area contributed by atoms with Crippen molar-refractivity contribution in [2.24, 2.45) is 0 Å². The zero-order valence-electron chi connectivity index (χ0n) is 15.8. The highest BCUT2D eigenvalue weighted by molar-refractivity contribution is 14.1. The van der Waals surface area contributed by atoms with Crippen molar-refractivity contribution in [3.63, 3.8) is 0 Å². The first-order valence-electron chi connectivity index (χ1n) is 8.59. The second-order valence-electron chi connectivity index (χ2n) is 7.29. The van der Waals surface area contributed by atoms with Gasteiger partial charge in [-0.05, 0) is 55.5 Å². The van der Waals surface area contributed by atoms with E-state index in [-0.39, 0.29) is 28.2 Å². The zero-order chi connectivity index (χ0) is 21.3. The van der Waals surface area contributed by atoms with Crippen molar-refractivity contribution in [3.05, 3.63) is 39.7 Å². The average Bonchev–Trinajstić information content (AvgIpc) is 3.25. The number of cyclic esters (lactones) is 1. The van der Waals surface area contributed by atoms with Crippen molar-refractivity contribution in [1.82, 2.24) is 5.16 Å². The summed E-state index contributed by atoms with van der Waals surface area (Å²) in [5, 5.41) is 3.73. The average molecular weight is 521 g/mol. The lowest BCUT2D eigenvalue weighted by Gasteiger charge is -2.26. The molecule has 2 heterocycles. The number of ether oxygens (including phenoxy) is 2. The van der Waals surface area contributed by atoms with Gasteiger partial charge < -0.3 is 14.0 Å². The summed E-state index contributed by atoms with van der Waals surface area (Å²) in [6, 6.07) is 3.57. The Kier molecular flexibility index (Phi) is 5.96. The molecule has 1 atom stereocenters. The van der Waals surface area contributed by atoms with Gasteiger partial charge in [0, 0.05) is 6.07 Å². The van der Waals surface area contributed by atoms with Gasteiger partial charge in [-0.1, -0.05) is 5.16 Å². The first-order chi connectivity index (χ1) is 13.5. The molecule has 1 aliphatic heterocycles. The molecule has 0 aliphatic carbocycles. The molecular formula is C18H18F2IN3O5. The molecule has 1 aromatic heterocycles. The normalized spacial score (nSPS) is 16.7. The first-order valence-corrected chi connectivity index (χ1v) is 9.66. The quantitative estimate of drug-likeness (QED) is 0.440. The summed E-state index contributed by atoms with van der Waals surface area (Å²) in [4.78, 5) is 27.1. The van der Waals surface area contributed by atoms with E-state index in [9.17, 15) is 18.4 Å². The van der Waals surface area contributed by atoms with Crippen LogP contribution in [0, 0.1) is 15.2 Å². The van der Waals surface area contributed by atoms with E-state index >= 15 is 0 Å². The molecule has 0 radical (unpaired) electrons. The predicted octanol–water partition coefficient (Wildman–Crippen LogP) is 4.32. The number of carbonyl (C=O) groups excluding carboxylic acids is 2. The van der Waals surface area contributed by atoms with Gasteiger partial charge in [0.25, 0.3) is 0 Å². The van der Waals surface area contributed by atoms with Crippen molar-refractivity contribution < 1.29 is 32.4 Å². The van der Waals surface area contributed by atoms with E-state index in [2.05, 4.69) is 5.16 Å². The molecule has 0 N–H and O–H groups in total. The van der Waals surface area contributed by atoms with Gasteiger partial charge >= 0.3 is 12.2 Å². The predicted molar refractivity (Wildman–Crippen MR) is 107 cm³/mol. The summed E-state index contributed by atoms with van der Waals surface area (Å²) < 4.78 is 43.0. The van der Waals surface area contributed by atoms with Crippen LogP contribution in [0.1, 0.15) is 20.8 Å². The summed E-state index contributed by atoms with van der Waals surface area (Å²) in [6.45, 7) is 5.03. The third-order valence-corrected chi connectivity index (χ3v) is 4.89. The molecule has 2 amide bonds. The summed E-state index contributed by atoms with van der Waals surface area (Å²) >= 11 is 1.54. The fraction of sp³-hybridized carbons (Fsp3) is 0.389. The Bertz CT molecular complexity index is 894. The number of carbonyl (C=O) groups is 2. The topological polar surface area (TPSA) is 85.1 Å². The van der Waals surface area contributed by atoms with E-state index in [1.165, 1.54) is 39.8 Å². The maximum Gasteiger partial charge on any atom is 0.416 e. The van der Waals surface area contributed by atoms with Crippen LogP contribution in [0.4, 0.5) is 29.9 Å². The lowest BCUT2D eigenvalue weighted by atomic mass is 10.2. The number of hydrogen-bond acceptors (Lipinski definition) is 6. The van der Waals surface area contributed by atoms with Gasteiger partial charge in [0.2, 0.25) is 0 Å². The van der Waals surface area contributed by atoms with Crippen LogP contribution in [-0.2, 0) is 9.47 Å². The van der Waals surface area contributed by atoms with Crippen molar-refractivity contribution >= 4 is 46.3 Å². The second kappa shape index (κ2) is 8.13. The Labute approximate surface area is 178 Å². The highest BCUT2D eigenvalue weighted by Crippen LogP contribution is 2.28. The van der Waals surface area contributed by atoms with E-state index in [4.69, 9.17) is 14.0 Å². The second-order valence-corrected chi connectivity index (χ2v) is 8.37. The largest absolute Gasteiger partial charge is 0.443 e. The standard InChI is InChI=1S/C18H18F2IN3O5/c1-18(2,3)29-17(26)24(14-4-5-27-22-14)9-11-8-23(16(25)28-11)10-6-12(19)15(21)13(20)7-10/h4-7,11H,8-9H2,1-3H3/t11-/m1/s1. The van der Waals surface area contributed by atoms with Crippen molar-refractivity contribution in [2.45, 2.75) is 32.5 Å². The molecule has 0 saturated carbocycles. The summed E-state index contributed by atoms with van der Waals surface area (Å²) in [5.74, 6) is -1.38. The Morgan fingerprint density at radius 2 is 2.03 bits per heavy atom. The van der Waals surface area contributed by atoms with Crippen LogP contribution in [0.3, 0.4) is 0 Å². The van der Waals surface area contributed by atoms with E-state index in [1.807, 2.05) is 0 Å². The highest BCUT2D eigenvalue weighted by atomic mass is 127. The van der Waals surface area contributed by atoms with Gasteiger partial charge in [0.15, 0.2) is 5.82 Å². The molecule has 1 fully saturated rings. The van der Waals surface area contributed by atoms with Crippen LogP contribution in [0.2, 0.25) is 0 Å². The Morgan fingerprint density at radius 1 is 1.38 bits per heavy atom. The number of aromatic nitrogens is 1. The van der Waals surface area contributed by atoms with Crippen LogP contribution >= 0.6 is 22.6 Å². The van der Waals surface area contributed by atoms with Gasteiger partial charge in [-0.25, -0.2) is 18.4 Å². The lowest BCUT2D eigenvalue weighted by Crippen LogP contribution is -2.42. The summed E-state index contributed by atoms with van der Waals surface area (Å²) in [7, 11) is 0. The van der Waals surface area contributed by atoms with Gasteiger partial charge in [-0.15, -0.1) is 0 Å². The molecule has 8 nitrogen and oxygen atoms in total. The maximum absolute atomic E-state index is 13.9. The van der Waals surface area contributed by atoms with Crippen molar-refractivity contribution in [1.29, 1.82) is 0 Å². The molecule has 156 valence electrons. The summed E-state index contributed by atoms with van der Waals surface area (Å²) in [5.41, 5.74) is -0.730. The molecule has 3 rings (SSSR count). The number of hydrogen-bond donors (Lipinski definition) is 0. The van der Waals surface area contributed by atoms with Crippen LogP contribution in [0.5, 0.6) is 0 Å². The third kappa shape index (κ3) is 4.95. The van der Waals surface area contributed by atoms with Crippen LogP contribution in [-0.4, -0.2) is 42.1 Å². The minimum atomic E-state index is -0.783. The van der Waals surface area contributed by atoms with Gasteiger partial charge in [0.1, 0.15) is 29.6 Å². The van der Waals surface area contributed by atoms with Gasteiger partial charge in [-0.2, -0.15) is 0 Å². The first kappa shape index (κ1) is 21.3. The molecule has 11 heteroatoms. The zero-order valence-corrected chi connectivity index (χ0v) is 18.0. The van der Waals surface area contributed by atoms with Gasteiger partial charge in [-0.3, -0.25) is 9.80 Å². The van der Waals surface area contributed by atoms with E-state index < -0.39 is 35.5 Å². The van der Waals surface area contributed by atoms with E-state index in [1.54, 1.807) is 20.8 Å². The molecule has 0 unspecified atom stereocenters. The monoisotopic (exact) mass is 521 g/mol. The molecule has 1 aromatic carbocycles. The molecule has 1 aliphatic rings. The fourth-order valence-electron chi connectivity index (χ4n) is 2.65. The molecule has 29 heavy (non-hydrogen) atoms. The number of amides is 2. The van der Waals surface area contributed by atoms with Crippen LogP contribution < -0.4 is 9.80 Å². The highest BCUT2D eigenvalue weighted by Gasteiger charge is 2.37. The smallest absolute Gasteiger partial charge is 0.416 e. The SMILES string of the molecule is CC(C)(C)OC(=O)N(C[C@H]1CN(c2cc(F)c(I)c(F)c2)C(=O)O1)c1ccon1. The molecule has 0 spiro atoms. The Morgan fingerprint density at radius 3 is 2.59 bits per heavy atom. The van der Waals surface area contributed by atoms with Gasteiger partial charge in [0.05, 0.1) is 22.3 Å². The van der Waals surface area contributed by atoms with E-state index in [0.717, 1.165) is 17.0 Å². The van der Waals surface area contributed by atoms with Crippen LogP contribution in [0.25, 0.3) is 0 Å². The number of anilines is 2. The lowest BCUT2D eigenvalue weighted by molar-refractivity contribution is 0.0556. The Balaban J connectivity index is 1.78. The maximum atomic E-state index is 13.9. The third-order valence-electron chi connectivity index (χ3n) is 3.86. The van der Waals surface area contributed by atoms with Crippen LogP contribution in [0.15, 0.2) is 29.0 Å². The minimum Gasteiger partial charge on any atom is -0.443 e. The van der Waals surface area contributed by atoms with Crippen molar-refractivity contribution in [3.8, 4) is 0 Å². The number of rotatable bonds is 4. The fourth-order valence-corrected chi connectivity index (χ4v) is 2.96. The molecule has 1 saturated heterocycles. The Hall–Kier alpha value is -2.44. The minimum absolute atomic E-state index is 0.0184. The number of halogens is 3. The van der Waals surface area contributed by atoms with Crippen molar-refractivity contribution in [2.75, 3.05) is 22.9 Å². The molecule has 2 aromatic rings. The molecular weight excluding hydrogens is 503 g/mol. The number of nitrogens with zero attached hydrogens (tertiary/aromatic N) is 3.